The Morgan fingerprint density at radius 3 is 2.90 bits per heavy atom. The number of nitrogens with two attached hydrogens (primary N) is 1. The molecule has 3 N–H and O–H groups in total. The largest absolute Gasteiger partial charge is 0.383 e. The van der Waals surface area contributed by atoms with Gasteiger partial charge in [-0.05, 0) is 24.6 Å². The second kappa shape index (κ2) is 6.35. The maximum atomic E-state index is 9.15. The van der Waals surface area contributed by atoms with Crippen molar-refractivity contribution >= 4 is 33.3 Å². The van der Waals surface area contributed by atoms with Gasteiger partial charge in [0.15, 0.2) is 0 Å². The molecule has 0 radical (unpaired) electrons. The molecule has 6 heteroatoms. The second-order valence-corrected chi connectivity index (χ2v) is 5.18. The number of hydrogen-bond acceptors (Lipinski definition) is 5. The van der Waals surface area contributed by atoms with E-state index in [1.54, 1.807) is 6.07 Å². The van der Waals surface area contributed by atoms with E-state index in [9.17, 15) is 0 Å². The molecule has 102 valence electrons. The van der Waals surface area contributed by atoms with Crippen LogP contribution in [0.4, 0.5) is 17.3 Å². The third-order valence-corrected chi connectivity index (χ3v) is 3.33. The van der Waals surface area contributed by atoms with Gasteiger partial charge >= 0.3 is 0 Å². The molecule has 0 bridgehead atoms. The van der Waals surface area contributed by atoms with Crippen LogP contribution in [0.1, 0.15) is 24.5 Å². The predicted octanol–water partition coefficient (Wildman–Crippen LogP) is 3.39. The van der Waals surface area contributed by atoms with E-state index in [0.717, 1.165) is 22.9 Å². The fourth-order valence-corrected chi connectivity index (χ4v) is 2.24. The second-order valence-electron chi connectivity index (χ2n) is 4.26. The predicted molar refractivity (Wildman–Crippen MR) is 82.6 cm³/mol. The van der Waals surface area contributed by atoms with Crippen LogP contribution in [0.3, 0.4) is 0 Å². The van der Waals surface area contributed by atoms with Crippen LogP contribution in [0.25, 0.3) is 0 Å². The Balaban J connectivity index is 2.43. The van der Waals surface area contributed by atoms with Gasteiger partial charge in [-0.15, -0.1) is 0 Å². The normalized spacial score (nSPS) is 10.1. The molecule has 0 atom stereocenters. The highest BCUT2D eigenvalue weighted by Crippen LogP contribution is 2.27. The Labute approximate surface area is 126 Å². The molecule has 1 aromatic heterocycles. The highest BCUT2D eigenvalue weighted by Gasteiger charge is 2.11. The van der Waals surface area contributed by atoms with Crippen molar-refractivity contribution in [1.82, 2.24) is 9.97 Å². The molecule has 2 rings (SSSR count). The van der Waals surface area contributed by atoms with Gasteiger partial charge in [-0.25, -0.2) is 9.97 Å². The van der Waals surface area contributed by atoms with E-state index in [2.05, 4.69) is 44.2 Å². The number of hydrogen-bond donors (Lipinski definition) is 2. The average molecular weight is 332 g/mol. The monoisotopic (exact) mass is 331 g/mol. The van der Waals surface area contributed by atoms with Crippen LogP contribution >= 0.6 is 15.9 Å². The third-order valence-electron chi connectivity index (χ3n) is 2.83. The van der Waals surface area contributed by atoms with Gasteiger partial charge in [0.1, 0.15) is 24.0 Å². The molecule has 0 aliphatic carbocycles. The minimum absolute atomic E-state index is 0.470. The summed E-state index contributed by atoms with van der Waals surface area (Å²) in [5.41, 5.74) is 8.01. The molecular formula is C14H14BrN5. The maximum Gasteiger partial charge on any atom is 0.139 e. The van der Waals surface area contributed by atoms with Crippen molar-refractivity contribution in [3.8, 4) is 6.07 Å². The Kier molecular flexibility index (Phi) is 4.53. The summed E-state index contributed by atoms with van der Waals surface area (Å²) in [4.78, 5) is 8.24. The quantitative estimate of drug-likeness (QED) is 0.896. The van der Waals surface area contributed by atoms with Crippen molar-refractivity contribution in [3.05, 3.63) is 40.1 Å². The smallest absolute Gasteiger partial charge is 0.139 e. The molecule has 0 spiro atoms. The first-order valence-electron chi connectivity index (χ1n) is 6.21. The maximum absolute atomic E-state index is 9.15. The molecule has 5 nitrogen and oxygen atoms in total. The van der Waals surface area contributed by atoms with E-state index in [4.69, 9.17) is 11.0 Å². The van der Waals surface area contributed by atoms with Crippen molar-refractivity contribution in [2.24, 2.45) is 0 Å². The molecule has 0 saturated carbocycles. The molecule has 0 fully saturated rings. The van der Waals surface area contributed by atoms with E-state index in [-0.39, 0.29) is 0 Å². The number of nitriles is 1. The van der Waals surface area contributed by atoms with Crippen LogP contribution in [0, 0.1) is 11.3 Å². The summed E-state index contributed by atoms with van der Waals surface area (Å²) in [6.07, 6.45) is 3.14. The Morgan fingerprint density at radius 1 is 1.40 bits per heavy atom. The molecule has 2 aromatic rings. The Morgan fingerprint density at radius 2 is 2.20 bits per heavy atom. The van der Waals surface area contributed by atoms with Gasteiger partial charge in [0.2, 0.25) is 0 Å². The molecule has 1 heterocycles. The third kappa shape index (κ3) is 3.06. The standard InChI is InChI=1S/C14H14BrN5/c1-2-3-11-13(17)18-8-19-14(11)20-12-6-10(15)5-4-9(12)7-16/h4-6,8H,2-3H2,1H3,(H3,17,18,19,20). The summed E-state index contributed by atoms with van der Waals surface area (Å²) in [7, 11) is 0. The highest BCUT2D eigenvalue weighted by molar-refractivity contribution is 9.10. The first-order valence-corrected chi connectivity index (χ1v) is 7.01. The molecule has 0 unspecified atom stereocenters. The molecule has 20 heavy (non-hydrogen) atoms. The molecule has 0 saturated heterocycles. The minimum atomic E-state index is 0.470. The first kappa shape index (κ1) is 14.3. The van der Waals surface area contributed by atoms with Gasteiger partial charge < -0.3 is 11.1 Å². The molecule has 0 aliphatic rings. The zero-order valence-electron chi connectivity index (χ0n) is 11.0. The van der Waals surface area contributed by atoms with Crippen molar-refractivity contribution in [2.75, 3.05) is 11.1 Å². The van der Waals surface area contributed by atoms with Gasteiger partial charge in [-0.2, -0.15) is 5.26 Å². The highest BCUT2D eigenvalue weighted by atomic mass is 79.9. The zero-order chi connectivity index (χ0) is 14.5. The van der Waals surface area contributed by atoms with Gasteiger partial charge in [-0.3, -0.25) is 0 Å². The van der Waals surface area contributed by atoms with Gasteiger partial charge in [0.05, 0.1) is 11.3 Å². The van der Waals surface area contributed by atoms with Crippen LogP contribution in [-0.2, 0) is 6.42 Å². The lowest BCUT2D eigenvalue weighted by molar-refractivity contribution is 0.908. The topological polar surface area (TPSA) is 87.6 Å². The summed E-state index contributed by atoms with van der Waals surface area (Å²) >= 11 is 3.40. The summed E-state index contributed by atoms with van der Waals surface area (Å²) < 4.78 is 0.887. The van der Waals surface area contributed by atoms with Crippen LogP contribution in [-0.4, -0.2) is 9.97 Å². The van der Waals surface area contributed by atoms with E-state index >= 15 is 0 Å². The van der Waals surface area contributed by atoms with E-state index in [1.165, 1.54) is 6.33 Å². The summed E-state index contributed by atoms with van der Waals surface area (Å²) in [5.74, 6) is 1.12. The summed E-state index contributed by atoms with van der Waals surface area (Å²) in [5, 5.41) is 12.3. The van der Waals surface area contributed by atoms with E-state index in [1.807, 2.05) is 12.1 Å². The van der Waals surface area contributed by atoms with E-state index in [0.29, 0.717) is 22.9 Å². The number of aromatic nitrogens is 2. The van der Waals surface area contributed by atoms with Crippen LogP contribution < -0.4 is 11.1 Å². The van der Waals surface area contributed by atoms with Crippen LogP contribution in [0.2, 0.25) is 0 Å². The number of nitrogens with zero attached hydrogens (tertiary/aromatic N) is 3. The minimum Gasteiger partial charge on any atom is -0.383 e. The van der Waals surface area contributed by atoms with Gasteiger partial charge in [0.25, 0.3) is 0 Å². The fourth-order valence-electron chi connectivity index (χ4n) is 1.88. The number of rotatable bonds is 4. The number of halogens is 1. The zero-order valence-corrected chi connectivity index (χ0v) is 12.6. The molecule has 1 aromatic carbocycles. The lowest BCUT2D eigenvalue weighted by Gasteiger charge is -2.13. The fraction of sp³-hybridized carbons (Fsp3) is 0.214. The van der Waals surface area contributed by atoms with Crippen molar-refractivity contribution in [2.45, 2.75) is 19.8 Å². The lowest BCUT2D eigenvalue weighted by atomic mass is 10.1. The van der Waals surface area contributed by atoms with E-state index < -0.39 is 0 Å². The number of nitrogen functional groups attached to an aromatic ring is 1. The van der Waals surface area contributed by atoms with Crippen molar-refractivity contribution in [3.63, 3.8) is 0 Å². The molecular weight excluding hydrogens is 318 g/mol. The summed E-state index contributed by atoms with van der Waals surface area (Å²) in [6, 6.07) is 7.56. The SMILES string of the molecule is CCCc1c(N)ncnc1Nc1cc(Br)ccc1C#N. The number of benzene rings is 1. The molecule has 0 amide bonds. The van der Waals surface area contributed by atoms with Crippen molar-refractivity contribution in [1.29, 1.82) is 5.26 Å². The van der Waals surface area contributed by atoms with Gasteiger partial charge in [0, 0.05) is 10.0 Å². The molecule has 0 aliphatic heterocycles. The van der Waals surface area contributed by atoms with Crippen LogP contribution in [0.15, 0.2) is 29.0 Å². The van der Waals surface area contributed by atoms with Crippen molar-refractivity contribution < 1.29 is 0 Å². The Bertz CT molecular complexity index is 663. The van der Waals surface area contributed by atoms with Gasteiger partial charge in [-0.1, -0.05) is 29.3 Å². The number of anilines is 3. The number of nitrogens with one attached hydrogen (secondary N) is 1. The van der Waals surface area contributed by atoms with Crippen LogP contribution in [0.5, 0.6) is 0 Å². The lowest BCUT2D eigenvalue weighted by Crippen LogP contribution is -2.06. The first-order chi connectivity index (χ1) is 9.65. The Hall–Kier alpha value is -2.13. The average Bonchev–Trinajstić information content (AvgIpc) is 2.43. The summed E-state index contributed by atoms with van der Waals surface area (Å²) in [6.45, 7) is 2.07.